The average Bonchev–Trinajstić information content (AvgIpc) is 3.09. The van der Waals surface area contributed by atoms with E-state index in [1.54, 1.807) is 24.8 Å². The number of benzene rings is 1. The molecule has 0 aliphatic carbocycles. The topological polar surface area (TPSA) is 88.5 Å². The van der Waals surface area contributed by atoms with Gasteiger partial charge >= 0.3 is 0 Å². The summed E-state index contributed by atoms with van der Waals surface area (Å²) in [6.07, 6.45) is 2.15. The minimum absolute atomic E-state index is 0.121. The lowest BCUT2D eigenvalue weighted by Crippen LogP contribution is -2.28. The highest BCUT2D eigenvalue weighted by Crippen LogP contribution is 2.29. The number of hydrogen-bond acceptors (Lipinski definition) is 6. The number of thioether (sulfide) groups is 1. The first-order valence-electron chi connectivity index (χ1n) is 9.56. The summed E-state index contributed by atoms with van der Waals surface area (Å²) in [6, 6.07) is 11.9. The van der Waals surface area contributed by atoms with Crippen molar-refractivity contribution in [2.45, 2.75) is 43.1 Å². The summed E-state index contributed by atoms with van der Waals surface area (Å²) in [5.41, 5.74) is 1.86. The smallest absolute Gasteiger partial charge is 0.251 e. The van der Waals surface area contributed by atoms with Crippen LogP contribution in [0.25, 0.3) is 0 Å². The Kier molecular flexibility index (Phi) is 5.87. The van der Waals surface area contributed by atoms with E-state index < -0.39 is 0 Å². The van der Waals surface area contributed by atoms with Crippen LogP contribution in [-0.2, 0) is 12.3 Å². The molecule has 3 aromatic rings. The second-order valence-corrected chi connectivity index (χ2v) is 7.99. The average molecular weight is 397 g/mol. The highest BCUT2D eigenvalue weighted by Gasteiger charge is 2.23. The molecule has 1 aromatic carbocycles. The van der Waals surface area contributed by atoms with Gasteiger partial charge in [0, 0.05) is 17.7 Å². The lowest BCUT2D eigenvalue weighted by Gasteiger charge is -2.23. The fraction of sp³-hybridized carbons (Fsp3) is 0.400. The third-order valence-corrected chi connectivity index (χ3v) is 5.90. The summed E-state index contributed by atoms with van der Waals surface area (Å²) in [6.45, 7) is 4.57. The monoisotopic (exact) mass is 396 g/mol. The number of hydrogen-bond donors (Lipinski definition) is 2. The minimum Gasteiger partial charge on any atom is -0.317 e. The zero-order valence-electron chi connectivity index (χ0n) is 15.9. The highest BCUT2D eigenvalue weighted by molar-refractivity contribution is 7.98. The molecule has 28 heavy (non-hydrogen) atoms. The molecule has 1 aliphatic rings. The molecular formula is C20H24N6OS. The molecule has 0 amide bonds. The molecule has 7 nitrogen and oxygen atoms in total. The molecule has 8 heteroatoms. The van der Waals surface area contributed by atoms with Crippen molar-refractivity contribution in [3.63, 3.8) is 0 Å². The van der Waals surface area contributed by atoms with E-state index in [9.17, 15) is 4.79 Å². The van der Waals surface area contributed by atoms with Gasteiger partial charge in [0.1, 0.15) is 11.6 Å². The van der Waals surface area contributed by atoms with E-state index in [1.165, 1.54) is 5.56 Å². The van der Waals surface area contributed by atoms with E-state index in [4.69, 9.17) is 0 Å². The summed E-state index contributed by atoms with van der Waals surface area (Å²) in [5.74, 6) is 2.70. The number of H-pyrrole nitrogens is 1. The number of piperidine rings is 1. The summed E-state index contributed by atoms with van der Waals surface area (Å²) < 4.78 is 2.23. The van der Waals surface area contributed by atoms with Gasteiger partial charge in [-0.1, -0.05) is 42.1 Å². The van der Waals surface area contributed by atoms with Crippen molar-refractivity contribution in [1.82, 2.24) is 30.0 Å². The molecule has 0 unspecified atom stereocenters. The van der Waals surface area contributed by atoms with Gasteiger partial charge in [-0.15, -0.1) is 10.2 Å². The molecule has 1 aliphatic heterocycles. The van der Waals surface area contributed by atoms with Crippen LogP contribution >= 0.6 is 11.8 Å². The van der Waals surface area contributed by atoms with Gasteiger partial charge in [0.05, 0.1) is 12.2 Å². The van der Waals surface area contributed by atoms with Crippen LogP contribution in [0.1, 0.15) is 41.7 Å². The predicted octanol–water partition coefficient (Wildman–Crippen LogP) is 2.48. The molecule has 2 N–H and O–H groups in total. The number of nitrogens with one attached hydrogen (secondary N) is 2. The molecule has 1 saturated heterocycles. The fourth-order valence-corrected chi connectivity index (χ4v) is 4.39. The lowest BCUT2D eigenvalue weighted by molar-refractivity contribution is 0.430. The first-order chi connectivity index (χ1) is 13.7. The van der Waals surface area contributed by atoms with Crippen LogP contribution in [0.3, 0.4) is 0 Å². The number of nitrogens with zero attached hydrogens (tertiary/aromatic N) is 4. The normalized spacial score (nSPS) is 15.0. The van der Waals surface area contributed by atoms with E-state index in [2.05, 4.69) is 54.3 Å². The third kappa shape index (κ3) is 4.51. The first kappa shape index (κ1) is 18.9. The van der Waals surface area contributed by atoms with Crippen LogP contribution in [-0.4, -0.2) is 37.8 Å². The minimum atomic E-state index is -0.121. The number of aromatic nitrogens is 5. The lowest BCUT2D eigenvalue weighted by atomic mass is 9.97. The van der Waals surface area contributed by atoms with Gasteiger partial charge < -0.3 is 14.9 Å². The highest BCUT2D eigenvalue weighted by atomic mass is 32.2. The van der Waals surface area contributed by atoms with E-state index in [1.807, 2.05) is 6.07 Å². The number of rotatable bonds is 6. The Hall–Kier alpha value is -2.45. The Bertz CT molecular complexity index is 978. The maximum absolute atomic E-state index is 11.7. The molecule has 4 rings (SSSR count). The van der Waals surface area contributed by atoms with E-state index >= 15 is 0 Å². The Balaban J connectivity index is 1.60. The van der Waals surface area contributed by atoms with Crippen LogP contribution < -0.4 is 10.9 Å². The van der Waals surface area contributed by atoms with Gasteiger partial charge in [-0.2, -0.15) is 0 Å². The van der Waals surface area contributed by atoms with Crippen molar-refractivity contribution in [2.24, 2.45) is 0 Å². The SMILES string of the molecule is Cc1nc(CSc2nnc(C3CCNCC3)n2Cc2ccccc2)cc(=O)[nH]1. The van der Waals surface area contributed by atoms with Gasteiger partial charge in [-0.25, -0.2) is 4.98 Å². The quantitative estimate of drug-likeness (QED) is 0.623. The molecule has 3 heterocycles. The number of aryl methyl sites for hydroxylation is 1. The van der Waals surface area contributed by atoms with Crippen molar-refractivity contribution >= 4 is 11.8 Å². The first-order valence-corrected chi connectivity index (χ1v) is 10.5. The predicted molar refractivity (Wildman–Crippen MR) is 110 cm³/mol. The van der Waals surface area contributed by atoms with E-state index in [0.717, 1.165) is 49.2 Å². The molecule has 0 atom stereocenters. The van der Waals surface area contributed by atoms with Crippen LogP contribution in [0.4, 0.5) is 0 Å². The van der Waals surface area contributed by atoms with Crippen LogP contribution in [0, 0.1) is 6.92 Å². The van der Waals surface area contributed by atoms with Crippen molar-refractivity contribution in [2.75, 3.05) is 13.1 Å². The standard InChI is InChI=1S/C20H24N6OS/c1-14-22-17(11-18(27)23-14)13-28-20-25-24-19(16-7-9-21-10-8-16)26(20)12-15-5-3-2-4-6-15/h2-6,11,16,21H,7-10,12-13H2,1H3,(H,22,23,27). The Morgan fingerprint density at radius 1 is 1.18 bits per heavy atom. The largest absolute Gasteiger partial charge is 0.317 e. The summed E-state index contributed by atoms with van der Waals surface area (Å²) in [5, 5.41) is 13.3. The Morgan fingerprint density at radius 3 is 2.71 bits per heavy atom. The number of aromatic amines is 1. The van der Waals surface area contributed by atoms with Crippen LogP contribution in [0.5, 0.6) is 0 Å². The zero-order valence-corrected chi connectivity index (χ0v) is 16.7. The Labute approximate surface area is 168 Å². The van der Waals surface area contributed by atoms with Crippen LogP contribution in [0.15, 0.2) is 46.3 Å². The van der Waals surface area contributed by atoms with Crippen molar-refractivity contribution < 1.29 is 0 Å². The van der Waals surface area contributed by atoms with Gasteiger partial charge in [0.2, 0.25) is 0 Å². The summed E-state index contributed by atoms with van der Waals surface area (Å²) in [4.78, 5) is 18.8. The molecular weight excluding hydrogens is 372 g/mol. The third-order valence-electron chi connectivity index (χ3n) is 4.90. The second-order valence-electron chi connectivity index (χ2n) is 7.05. The molecule has 2 aromatic heterocycles. The van der Waals surface area contributed by atoms with Gasteiger partial charge in [0.15, 0.2) is 5.16 Å². The van der Waals surface area contributed by atoms with Crippen molar-refractivity contribution in [3.8, 4) is 0 Å². The zero-order chi connectivity index (χ0) is 19.3. The van der Waals surface area contributed by atoms with Crippen LogP contribution in [0.2, 0.25) is 0 Å². The molecule has 0 spiro atoms. The van der Waals surface area contributed by atoms with Gasteiger partial charge in [-0.3, -0.25) is 4.79 Å². The molecule has 0 radical (unpaired) electrons. The summed E-state index contributed by atoms with van der Waals surface area (Å²) >= 11 is 1.58. The molecule has 0 bridgehead atoms. The second kappa shape index (κ2) is 8.70. The van der Waals surface area contributed by atoms with Gasteiger partial charge in [0.25, 0.3) is 5.56 Å². The van der Waals surface area contributed by atoms with Gasteiger partial charge in [-0.05, 0) is 38.4 Å². The molecule has 1 fully saturated rings. The summed E-state index contributed by atoms with van der Waals surface area (Å²) in [7, 11) is 0. The van der Waals surface area contributed by atoms with Crippen molar-refractivity contribution in [3.05, 3.63) is 69.7 Å². The molecule has 146 valence electrons. The van der Waals surface area contributed by atoms with E-state index in [0.29, 0.717) is 17.5 Å². The maximum atomic E-state index is 11.7. The van der Waals surface area contributed by atoms with Crippen molar-refractivity contribution in [1.29, 1.82) is 0 Å². The van der Waals surface area contributed by atoms with E-state index in [-0.39, 0.29) is 5.56 Å². The maximum Gasteiger partial charge on any atom is 0.251 e. The Morgan fingerprint density at radius 2 is 1.96 bits per heavy atom. The molecule has 0 saturated carbocycles. The fourth-order valence-electron chi connectivity index (χ4n) is 3.56.